The minimum atomic E-state index is -4.52. The molecule has 1 aromatic rings. The van der Waals surface area contributed by atoms with E-state index in [1.165, 1.54) is 0 Å². The van der Waals surface area contributed by atoms with Gasteiger partial charge in [-0.3, -0.25) is 0 Å². The topological polar surface area (TPSA) is 63.8 Å². The van der Waals surface area contributed by atoms with Gasteiger partial charge >= 0.3 is 6.18 Å². The average molecular weight is 276 g/mol. The Bertz CT molecular complexity index is 418. The quantitative estimate of drug-likeness (QED) is 0.866. The molecule has 0 aromatic carbocycles. The monoisotopic (exact) mass is 276 g/mol. The highest BCUT2D eigenvalue weighted by Crippen LogP contribution is 2.29. The smallest absolute Gasteiger partial charge is 0.368 e. The number of alkyl halides is 3. The molecule has 3 N–H and O–H groups in total. The molecule has 0 saturated heterocycles. The Balaban J connectivity index is 2.76. The van der Waals surface area contributed by atoms with Gasteiger partial charge in [0.1, 0.15) is 5.82 Å². The normalized spacial score (nSPS) is 13.6. The molecular weight excluding hydrogens is 257 g/mol. The highest BCUT2D eigenvalue weighted by molar-refractivity contribution is 5.41. The van der Waals surface area contributed by atoms with Crippen LogP contribution in [0.25, 0.3) is 0 Å². The molecule has 4 nitrogen and oxygen atoms in total. The van der Waals surface area contributed by atoms with Crippen LogP contribution in [-0.2, 0) is 6.18 Å². The maximum atomic E-state index is 12.6. The van der Waals surface area contributed by atoms with Crippen molar-refractivity contribution in [3.05, 3.63) is 11.8 Å². The van der Waals surface area contributed by atoms with Crippen LogP contribution in [0.5, 0.6) is 0 Å². The number of nitrogens with zero attached hydrogens (tertiary/aromatic N) is 2. The second kappa shape index (κ2) is 6.08. The summed E-state index contributed by atoms with van der Waals surface area (Å²) in [7, 11) is 0. The summed E-state index contributed by atoms with van der Waals surface area (Å²) < 4.78 is 37.7. The van der Waals surface area contributed by atoms with Crippen molar-refractivity contribution in [2.75, 3.05) is 11.1 Å². The van der Waals surface area contributed by atoms with Crippen LogP contribution in [0.2, 0.25) is 0 Å². The molecule has 1 aromatic heterocycles. The van der Waals surface area contributed by atoms with Gasteiger partial charge in [-0.05, 0) is 25.7 Å². The summed E-state index contributed by atoms with van der Waals surface area (Å²) in [5, 5.41) is 2.92. The summed E-state index contributed by atoms with van der Waals surface area (Å²) in [6.07, 6.45) is -2.68. The third-order valence-corrected chi connectivity index (χ3v) is 2.61. The van der Waals surface area contributed by atoms with Crippen LogP contribution in [-0.4, -0.2) is 16.0 Å². The summed E-state index contributed by atoms with van der Waals surface area (Å²) in [5.41, 5.74) is 4.26. The number of aromatic nitrogens is 2. The maximum Gasteiger partial charge on any atom is 0.433 e. The van der Waals surface area contributed by atoms with Gasteiger partial charge in [0.25, 0.3) is 0 Å². The van der Waals surface area contributed by atoms with Crippen molar-refractivity contribution in [1.29, 1.82) is 0 Å². The molecule has 1 unspecified atom stereocenters. The molecule has 1 atom stereocenters. The Morgan fingerprint density at radius 3 is 2.37 bits per heavy atom. The molecule has 0 aliphatic carbocycles. The molecule has 1 heterocycles. The lowest BCUT2D eigenvalue weighted by Crippen LogP contribution is -2.19. The van der Waals surface area contributed by atoms with E-state index in [9.17, 15) is 13.2 Å². The van der Waals surface area contributed by atoms with Crippen LogP contribution in [0.1, 0.15) is 39.3 Å². The molecule has 19 heavy (non-hydrogen) atoms. The van der Waals surface area contributed by atoms with Gasteiger partial charge < -0.3 is 11.1 Å². The molecule has 0 aliphatic rings. The molecular formula is C12H19F3N4. The average Bonchev–Trinajstić information content (AvgIpc) is 2.24. The van der Waals surface area contributed by atoms with E-state index in [1.807, 2.05) is 6.92 Å². The van der Waals surface area contributed by atoms with Crippen LogP contribution in [0.3, 0.4) is 0 Å². The molecule has 108 valence electrons. The number of halogens is 3. The predicted molar refractivity (Wildman–Crippen MR) is 68.6 cm³/mol. The summed E-state index contributed by atoms with van der Waals surface area (Å²) in [6.45, 7) is 6.09. The van der Waals surface area contributed by atoms with E-state index in [-0.39, 0.29) is 17.8 Å². The first-order valence-electron chi connectivity index (χ1n) is 6.16. The third kappa shape index (κ3) is 5.32. The number of rotatable bonds is 5. The van der Waals surface area contributed by atoms with Gasteiger partial charge in [-0.2, -0.15) is 18.2 Å². The van der Waals surface area contributed by atoms with Crippen molar-refractivity contribution in [3.8, 4) is 0 Å². The van der Waals surface area contributed by atoms with Gasteiger partial charge in [0.05, 0.1) is 0 Å². The van der Waals surface area contributed by atoms with Crippen molar-refractivity contribution in [2.24, 2.45) is 5.92 Å². The van der Waals surface area contributed by atoms with Crippen molar-refractivity contribution in [1.82, 2.24) is 9.97 Å². The van der Waals surface area contributed by atoms with Crippen molar-refractivity contribution >= 4 is 11.8 Å². The summed E-state index contributed by atoms with van der Waals surface area (Å²) in [4.78, 5) is 6.96. The number of hydrogen-bond acceptors (Lipinski definition) is 4. The van der Waals surface area contributed by atoms with E-state index in [2.05, 4.69) is 29.1 Å². The Hall–Kier alpha value is -1.53. The molecule has 0 aliphatic heterocycles. The molecule has 0 saturated carbocycles. The molecule has 0 spiro atoms. The lowest BCUT2D eigenvalue weighted by atomic mass is 10.0. The van der Waals surface area contributed by atoms with E-state index in [0.29, 0.717) is 5.92 Å². The minimum absolute atomic E-state index is 0.0257. The number of hydrogen-bond donors (Lipinski definition) is 2. The number of nitrogens with one attached hydrogen (secondary N) is 1. The molecule has 0 radical (unpaired) electrons. The fourth-order valence-corrected chi connectivity index (χ4v) is 1.59. The van der Waals surface area contributed by atoms with Crippen molar-refractivity contribution in [3.63, 3.8) is 0 Å². The third-order valence-electron chi connectivity index (χ3n) is 2.61. The van der Waals surface area contributed by atoms with Crippen LogP contribution in [0.15, 0.2) is 6.07 Å². The maximum absolute atomic E-state index is 12.6. The summed E-state index contributed by atoms with van der Waals surface area (Å²) >= 11 is 0. The van der Waals surface area contributed by atoms with Crippen LogP contribution in [0, 0.1) is 5.92 Å². The standard InChI is InChI=1S/C12H19F3N4/c1-7(2)4-5-8(3)17-10-6-9(12(13,14)15)18-11(16)19-10/h6-8H,4-5H2,1-3H3,(H3,16,17,18,19). The Morgan fingerprint density at radius 2 is 1.84 bits per heavy atom. The first-order chi connectivity index (χ1) is 8.68. The van der Waals surface area contributed by atoms with Crippen molar-refractivity contribution < 1.29 is 13.2 Å². The zero-order valence-electron chi connectivity index (χ0n) is 11.3. The van der Waals surface area contributed by atoms with Gasteiger partial charge in [0.2, 0.25) is 5.95 Å². The van der Waals surface area contributed by atoms with Crippen LogP contribution in [0.4, 0.5) is 24.9 Å². The largest absolute Gasteiger partial charge is 0.433 e. The number of nitrogens with two attached hydrogens (primary N) is 1. The van der Waals surface area contributed by atoms with Gasteiger partial charge in [0, 0.05) is 12.1 Å². The molecule has 0 bridgehead atoms. The lowest BCUT2D eigenvalue weighted by Gasteiger charge is -2.16. The minimum Gasteiger partial charge on any atom is -0.368 e. The highest BCUT2D eigenvalue weighted by Gasteiger charge is 2.33. The van der Waals surface area contributed by atoms with Gasteiger partial charge in [-0.25, -0.2) is 4.98 Å². The van der Waals surface area contributed by atoms with E-state index < -0.39 is 11.9 Å². The fraction of sp³-hybridized carbons (Fsp3) is 0.667. The Kier molecular flexibility index (Phi) is 4.97. The highest BCUT2D eigenvalue weighted by atomic mass is 19.4. The van der Waals surface area contributed by atoms with Gasteiger partial charge in [-0.1, -0.05) is 13.8 Å². The Morgan fingerprint density at radius 1 is 1.21 bits per heavy atom. The number of nitrogen functional groups attached to an aromatic ring is 1. The van der Waals surface area contributed by atoms with Crippen molar-refractivity contribution in [2.45, 2.75) is 45.8 Å². The van der Waals surface area contributed by atoms with E-state index >= 15 is 0 Å². The second-order valence-corrected chi connectivity index (χ2v) is 5.01. The Labute approximate surface area is 110 Å². The summed E-state index contributed by atoms with van der Waals surface area (Å²) in [5.74, 6) is 0.273. The van der Waals surface area contributed by atoms with E-state index in [4.69, 9.17) is 5.73 Å². The lowest BCUT2D eigenvalue weighted by molar-refractivity contribution is -0.141. The molecule has 0 amide bonds. The van der Waals surface area contributed by atoms with Gasteiger partial charge in [-0.15, -0.1) is 0 Å². The second-order valence-electron chi connectivity index (χ2n) is 5.01. The zero-order valence-corrected chi connectivity index (χ0v) is 11.3. The molecule has 1 rings (SSSR count). The predicted octanol–water partition coefficient (Wildman–Crippen LogP) is 3.31. The van der Waals surface area contributed by atoms with Gasteiger partial charge in [0.15, 0.2) is 5.69 Å². The first-order valence-corrected chi connectivity index (χ1v) is 6.16. The van der Waals surface area contributed by atoms with Crippen LogP contribution >= 0.6 is 0 Å². The molecule has 0 fully saturated rings. The fourth-order valence-electron chi connectivity index (χ4n) is 1.59. The SMILES string of the molecule is CC(C)CCC(C)Nc1cc(C(F)(F)F)nc(N)n1. The summed E-state index contributed by atoms with van der Waals surface area (Å²) in [6, 6.07) is 0.903. The zero-order chi connectivity index (χ0) is 14.6. The van der Waals surface area contributed by atoms with E-state index in [0.717, 1.165) is 18.9 Å². The van der Waals surface area contributed by atoms with E-state index in [1.54, 1.807) is 0 Å². The number of anilines is 2. The van der Waals surface area contributed by atoms with Crippen LogP contribution < -0.4 is 11.1 Å². The first kappa shape index (κ1) is 15.5. The molecule has 7 heteroatoms.